The Morgan fingerprint density at radius 1 is 1.22 bits per heavy atom. The summed E-state index contributed by atoms with van der Waals surface area (Å²) in [5.41, 5.74) is 2.99. The maximum Gasteiger partial charge on any atom is 0.0401 e. The van der Waals surface area contributed by atoms with E-state index in [1.54, 1.807) is 0 Å². The van der Waals surface area contributed by atoms with Gasteiger partial charge in [-0.1, -0.05) is 18.2 Å². The number of hydrogen-bond donors (Lipinski definition) is 1. The Balaban J connectivity index is 1.58. The van der Waals surface area contributed by atoms with E-state index in [1.807, 2.05) is 0 Å². The van der Waals surface area contributed by atoms with Crippen LogP contribution in [-0.4, -0.2) is 25.7 Å². The molecule has 1 aliphatic carbocycles. The van der Waals surface area contributed by atoms with E-state index in [0.717, 1.165) is 19.0 Å². The Kier molecular flexibility index (Phi) is 3.55. The van der Waals surface area contributed by atoms with Gasteiger partial charge in [-0.2, -0.15) is 0 Å². The molecular weight excluding hydrogens is 220 g/mol. The van der Waals surface area contributed by atoms with Crippen LogP contribution >= 0.6 is 0 Å². The highest BCUT2D eigenvalue weighted by atomic mass is 15.2. The summed E-state index contributed by atoms with van der Waals surface area (Å²) in [4.78, 5) is 2.58. The highest BCUT2D eigenvalue weighted by Gasteiger charge is 2.23. The predicted molar refractivity (Wildman–Crippen MR) is 77.2 cm³/mol. The van der Waals surface area contributed by atoms with E-state index >= 15 is 0 Å². The summed E-state index contributed by atoms with van der Waals surface area (Å²) in [6.07, 6.45) is 5.41. The van der Waals surface area contributed by atoms with Crippen LogP contribution in [0.4, 0.5) is 5.69 Å². The fourth-order valence-corrected chi connectivity index (χ4v) is 2.93. The number of aryl methyl sites for hydroxylation is 1. The van der Waals surface area contributed by atoms with Crippen LogP contribution in [-0.2, 0) is 6.42 Å². The van der Waals surface area contributed by atoms with Crippen molar-refractivity contribution in [2.45, 2.75) is 38.6 Å². The molecule has 0 spiro atoms. The Labute approximate surface area is 110 Å². The standard InChI is InChI=1S/C16H24N2/c1-13-6-9-15-4-2-3-5-16(15)18(13)11-10-17-12-14-7-8-14/h2-5,13-14,17H,6-12H2,1H3. The van der Waals surface area contributed by atoms with Crippen molar-refractivity contribution in [1.29, 1.82) is 0 Å². The first kappa shape index (κ1) is 12.0. The van der Waals surface area contributed by atoms with Crippen molar-refractivity contribution in [3.05, 3.63) is 29.8 Å². The van der Waals surface area contributed by atoms with Gasteiger partial charge < -0.3 is 10.2 Å². The minimum Gasteiger partial charge on any atom is -0.367 e. The van der Waals surface area contributed by atoms with Gasteiger partial charge in [0.15, 0.2) is 0 Å². The summed E-state index contributed by atoms with van der Waals surface area (Å²) >= 11 is 0. The topological polar surface area (TPSA) is 15.3 Å². The van der Waals surface area contributed by atoms with Gasteiger partial charge in [0.25, 0.3) is 0 Å². The van der Waals surface area contributed by atoms with Gasteiger partial charge in [-0.3, -0.25) is 0 Å². The van der Waals surface area contributed by atoms with E-state index in [1.165, 1.54) is 43.5 Å². The average molecular weight is 244 g/mol. The van der Waals surface area contributed by atoms with Gasteiger partial charge in [0, 0.05) is 24.8 Å². The third-order valence-electron chi connectivity index (χ3n) is 4.32. The van der Waals surface area contributed by atoms with Gasteiger partial charge in [-0.15, -0.1) is 0 Å². The summed E-state index contributed by atoms with van der Waals surface area (Å²) in [5, 5.41) is 3.60. The van der Waals surface area contributed by atoms with Crippen LogP contribution in [0.5, 0.6) is 0 Å². The van der Waals surface area contributed by atoms with Gasteiger partial charge in [0.2, 0.25) is 0 Å². The van der Waals surface area contributed by atoms with Crippen LogP contribution in [0.1, 0.15) is 31.7 Å². The summed E-state index contributed by atoms with van der Waals surface area (Å²) in [7, 11) is 0. The van der Waals surface area contributed by atoms with Gasteiger partial charge in [0.1, 0.15) is 0 Å². The molecule has 1 aliphatic heterocycles. The van der Waals surface area contributed by atoms with Crippen LogP contribution in [0, 0.1) is 5.92 Å². The molecule has 1 atom stereocenters. The van der Waals surface area contributed by atoms with Crippen LogP contribution in [0.25, 0.3) is 0 Å². The molecular formula is C16H24N2. The van der Waals surface area contributed by atoms with Gasteiger partial charge in [-0.25, -0.2) is 0 Å². The zero-order chi connectivity index (χ0) is 12.4. The highest BCUT2D eigenvalue weighted by Crippen LogP contribution is 2.30. The molecule has 1 aromatic rings. The monoisotopic (exact) mass is 244 g/mol. The Hall–Kier alpha value is -1.02. The molecule has 0 radical (unpaired) electrons. The molecule has 2 nitrogen and oxygen atoms in total. The Morgan fingerprint density at radius 2 is 2.06 bits per heavy atom. The van der Waals surface area contributed by atoms with E-state index < -0.39 is 0 Å². The molecule has 3 rings (SSSR count). The van der Waals surface area contributed by atoms with Crippen LogP contribution in [0.2, 0.25) is 0 Å². The summed E-state index contributed by atoms with van der Waals surface area (Å²) in [6.45, 7) is 5.85. The second-order valence-electron chi connectivity index (χ2n) is 5.86. The summed E-state index contributed by atoms with van der Waals surface area (Å²) in [5.74, 6) is 0.982. The number of rotatable bonds is 5. The number of nitrogens with one attached hydrogen (secondary N) is 1. The summed E-state index contributed by atoms with van der Waals surface area (Å²) in [6, 6.07) is 9.58. The van der Waals surface area contributed by atoms with Gasteiger partial charge >= 0.3 is 0 Å². The Bertz CT molecular complexity index is 398. The number of anilines is 1. The molecule has 2 aliphatic rings. The largest absolute Gasteiger partial charge is 0.367 e. The SMILES string of the molecule is CC1CCc2ccccc2N1CCNCC1CC1. The molecule has 0 saturated heterocycles. The molecule has 1 aromatic carbocycles. The van der Waals surface area contributed by atoms with E-state index in [-0.39, 0.29) is 0 Å². The van der Waals surface area contributed by atoms with E-state index in [2.05, 4.69) is 41.4 Å². The number of benzene rings is 1. The van der Waals surface area contributed by atoms with Gasteiger partial charge in [0.05, 0.1) is 0 Å². The molecule has 1 heterocycles. The zero-order valence-corrected chi connectivity index (χ0v) is 11.4. The third kappa shape index (κ3) is 2.69. The van der Waals surface area contributed by atoms with Crippen molar-refractivity contribution < 1.29 is 0 Å². The molecule has 98 valence electrons. The first-order chi connectivity index (χ1) is 8.84. The molecule has 1 fully saturated rings. The fraction of sp³-hybridized carbons (Fsp3) is 0.625. The average Bonchev–Trinajstić information content (AvgIpc) is 3.21. The molecule has 1 unspecified atom stereocenters. The smallest absolute Gasteiger partial charge is 0.0401 e. The molecule has 18 heavy (non-hydrogen) atoms. The van der Waals surface area contributed by atoms with E-state index in [9.17, 15) is 0 Å². The number of para-hydroxylation sites is 1. The second kappa shape index (κ2) is 5.31. The van der Waals surface area contributed by atoms with Crippen molar-refractivity contribution in [2.24, 2.45) is 5.92 Å². The molecule has 0 aromatic heterocycles. The molecule has 0 bridgehead atoms. The second-order valence-corrected chi connectivity index (χ2v) is 5.86. The van der Waals surface area contributed by atoms with E-state index in [0.29, 0.717) is 6.04 Å². The van der Waals surface area contributed by atoms with Crippen molar-refractivity contribution in [3.63, 3.8) is 0 Å². The lowest BCUT2D eigenvalue weighted by Gasteiger charge is -2.37. The number of hydrogen-bond acceptors (Lipinski definition) is 2. The third-order valence-corrected chi connectivity index (χ3v) is 4.32. The maximum atomic E-state index is 3.60. The quantitative estimate of drug-likeness (QED) is 0.801. The minimum absolute atomic E-state index is 0.683. The molecule has 1 saturated carbocycles. The number of fused-ring (bicyclic) bond motifs is 1. The zero-order valence-electron chi connectivity index (χ0n) is 11.4. The highest BCUT2D eigenvalue weighted by molar-refractivity contribution is 5.56. The number of nitrogens with zero attached hydrogens (tertiary/aromatic N) is 1. The lowest BCUT2D eigenvalue weighted by Crippen LogP contribution is -2.41. The molecule has 1 N–H and O–H groups in total. The Morgan fingerprint density at radius 3 is 2.89 bits per heavy atom. The van der Waals surface area contributed by atoms with Crippen molar-refractivity contribution in [2.75, 3.05) is 24.5 Å². The van der Waals surface area contributed by atoms with Crippen LogP contribution in [0.3, 0.4) is 0 Å². The van der Waals surface area contributed by atoms with Crippen molar-refractivity contribution in [3.8, 4) is 0 Å². The molecule has 0 amide bonds. The lowest BCUT2D eigenvalue weighted by molar-refractivity contribution is 0.539. The minimum atomic E-state index is 0.683. The van der Waals surface area contributed by atoms with Crippen LogP contribution < -0.4 is 10.2 Å². The van der Waals surface area contributed by atoms with Crippen LogP contribution in [0.15, 0.2) is 24.3 Å². The fourth-order valence-electron chi connectivity index (χ4n) is 2.93. The van der Waals surface area contributed by atoms with Crippen molar-refractivity contribution in [1.82, 2.24) is 5.32 Å². The van der Waals surface area contributed by atoms with Crippen molar-refractivity contribution >= 4 is 5.69 Å². The molecule has 2 heteroatoms. The summed E-state index contributed by atoms with van der Waals surface area (Å²) < 4.78 is 0. The maximum absolute atomic E-state index is 3.60. The first-order valence-corrected chi connectivity index (χ1v) is 7.40. The predicted octanol–water partition coefficient (Wildman–Crippen LogP) is 2.83. The van der Waals surface area contributed by atoms with Gasteiger partial charge in [-0.05, 0) is 56.7 Å². The normalized spacial score (nSPS) is 22.9. The van der Waals surface area contributed by atoms with E-state index in [4.69, 9.17) is 0 Å². The first-order valence-electron chi connectivity index (χ1n) is 7.40. The lowest BCUT2D eigenvalue weighted by atomic mass is 9.97.